The largest absolute Gasteiger partial charge is 0.534 e. The number of alkyl halides is 3. The standard InChI is InChI=1S/C9H7F3O8S/c1-2(20-21(18,19)9(10,11)12)3-4(13)6(15)8(17)7(16)5(3)14/h13-17H,1H2. The highest BCUT2D eigenvalue weighted by atomic mass is 32.2. The molecule has 12 heteroatoms. The summed E-state index contributed by atoms with van der Waals surface area (Å²) in [6.45, 7) is 2.73. The third kappa shape index (κ3) is 2.69. The number of aromatic hydroxyl groups is 5. The molecule has 0 bridgehead atoms. The van der Waals surface area contributed by atoms with Gasteiger partial charge in [-0.05, 0) is 0 Å². The maximum Gasteiger partial charge on any atom is 0.534 e. The molecule has 0 amide bonds. The van der Waals surface area contributed by atoms with Crippen LogP contribution in [-0.4, -0.2) is 39.5 Å². The van der Waals surface area contributed by atoms with E-state index < -0.39 is 55.7 Å². The van der Waals surface area contributed by atoms with Crippen LogP contribution in [0.4, 0.5) is 13.2 Å². The first-order chi connectivity index (χ1) is 9.31. The van der Waals surface area contributed by atoms with E-state index in [1.54, 1.807) is 0 Å². The molecule has 8 nitrogen and oxygen atoms in total. The van der Waals surface area contributed by atoms with Crippen molar-refractivity contribution < 1.29 is 51.3 Å². The number of phenolic OH excluding ortho intramolecular Hbond substituents is 5. The lowest BCUT2D eigenvalue weighted by molar-refractivity contribution is -0.0509. The predicted molar refractivity (Wildman–Crippen MR) is 59.9 cm³/mol. The van der Waals surface area contributed by atoms with Gasteiger partial charge in [0.1, 0.15) is 5.56 Å². The molecule has 0 fully saturated rings. The molecule has 0 saturated carbocycles. The molecule has 0 heterocycles. The van der Waals surface area contributed by atoms with Crippen LogP contribution in [0.25, 0.3) is 5.76 Å². The molecule has 0 spiro atoms. The summed E-state index contributed by atoms with van der Waals surface area (Å²) in [6, 6.07) is 0. The summed E-state index contributed by atoms with van der Waals surface area (Å²) >= 11 is 0. The molecule has 0 saturated heterocycles. The maximum absolute atomic E-state index is 12.1. The monoisotopic (exact) mass is 332 g/mol. The molecule has 0 atom stereocenters. The van der Waals surface area contributed by atoms with Crippen molar-refractivity contribution in [3.8, 4) is 28.7 Å². The van der Waals surface area contributed by atoms with Crippen LogP contribution in [-0.2, 0) is 14.3 Å². The molecule has 5 N–H and O–H groups in total. The van der Waals surface area contributed by atoms with Crippen molar-refractivity contribution in [1.29, 1.82) is 0 Å². The summed E-state index contributed by atoms with van der Waals surface area (Å²) in [7, 11) is -6.16. The second-order valence-electron chi connectivity index (χ2n) is 3.52. The zero-order valence-electron chi connectivity index (χ0n) is 9.71. The minimum Gasteiger partial charge on any atom is -0.504 e. The minimum absolute atomic E-state index is 1.25. The van der Waals surface area contributed by atoms with E-state index >= 15 is 0 Å². The van der Waals surface area contributed by atoms with Crippen LogP contribution in [0.2, 0.25) is 0 Å². The van der Waals surface area contributed by atoms with Gasteiger partial charge in [-0.3, -0.25) is 0 Å². The van der Waals surface area contributed by atoms with Gasteiger partial charge in [0.05, 0.1) is 0 Å². The van der Waals surface area contributed by atoms with Gasteiger partial charge in [0, 0.05) is 0 Å². The van der Waals surface area contributed by atoms with Crippen molar-refractivity contribution in [2.45, 2.75) is 5.51 Å². The third-order valence-corrected chi connectivity index (χ3v) is 3.13. The normalized spacial score (nSPS) is 12.1. The number of halogens is 3. The van der Waals surface area contributed by atoms with E-state index in [1.807, 2.05) is 0 Å². The molecule has 0 aliphatic carbocycles. The van der Waals surface area contributed by atoms with Crippen molar-refractivity contribution in [1.82, 2.24) is 0 Å². The second-order valence-corrected chi connectivity index (χ2v) is 5.06. The molecule has 0 unspecified atom stereocenters. The van der Waals surface area contributed by atoms with Crippen LogP contribution >= 0.6 is 0 Å². The van der Waals surface area contributed by atoms with E-state index in [0.717, 1.165) is 0 Å². The van der Waals surface area contributed by atoms with E-state index in [2.05, 4.69) is 10.8 Å². The Hall–Kier alpha value is -2.50. The van der Waals surface area contributed by atoms with E-state index in [-0.39, 0.29) is 0 Å². The molecule has 0 radical (unpaired) electrons. The molecular formula is C9H7F3O8S. The van der Waals surface area contributed by atoms with Crippen LogP contribution in [0.3, 0.4) is 0 Å². The Morgan fingerprint density at radius 3 is 1.57 bits per heavy atom. The van der Waals surface area contributed by atoms with Crippen molar-refractivity contribution in [2.75, 3.05) is 0 Å². The Balaban J connectivity index is 3.41. The lowest BCUT2D eigenvalue weighted by Crippen LogP contribution is -2.24. The molecule has 1 aromatic rings. The summed E-state index contributed by atoms with van der Waals surface area (Å²) in [5, 5.41) is 46.1. The average Bonchev–Trinajstić information content (AvgIpc) is 2.32. The summed E-state index contributed by atoms with van der Waals surface area (Å²) in [4.78, 5) is 0. The molecular weight excluding hydrogens is 325 g/mol. The van der Waals surface area contributed by atoms with Gasteiger partial charge in [-0.2, -0.15) is 21.6 Å². The van der Waals surface area contributed by atoms with E-state index in [4.69, 9.17) is 15.3 Å². The van der Waals surface area contributed by atoms with E-state index in [0.29, 0.717) is 0 Å². The maximum atomic E-state index is 12.1. The Labute approximate surface area is 114 Å². The Kier molecular flexibility index (Phi) is 3.79. The quantitative estimate of drug-likeness (QED) is 0.182. The van der Waals surface area contributed by atoms with Gasteiger partial charge in [-0.1, -0.05) is 6.58 Å². The van der Waals surface area contributed by atoms with Gasteiger partial charge in [-0.25, -0.2) is 0 Å². The lowest BCUT2D eigenvalue weighted by Gasteiger charge is -2.15. The molecule has 21 heavy (non-hydrogen) atoms. The smallest absolute Gasteiger partial charge is 0.504 e. The molecule has 0 aliphatic rings. The first kappa shape index (κ1) is 16.6. The number of benzene rings is 1. The fourth-order valence-corrected chi connectivity index (χ4v) is 1.61. The van der Waals surface area contributed by atoms with Crippen LogP contribution in [0, 0.1) is 0 Å². The molecule has 0 aliphatic heterocycles. The second kappa shape index (κ2) is 4.80. The van der Waals surface area contributed by atoms with Crippen molar-refractivity contribution in [3.05, 3.63) is 12.1 Å². The molecule has 1 aromatic carbocycles. The molecule has 1 rings (SSSR count). The zero-order chi connectivity index (χ0) is 16.7. The zero-order valence-corrected chi connectivity index (χ0v) is 10.5. The van der Waals surface area contributed by atoms with Gasteiger partial charge in [0.15, 0.2) is 17.3 Å². The highest BCUT2D eigenvalue weighted by Crippen LogP contribution is 2.53. The van der Waals surface area contributed by atoms with Gasteiger partial charge in [-0.15, -0.1) is 0 Å². The fraction of sp³-hybridized carbons (Fsp3) is 0.111. The van der Waals surface area contributed by atoms with Crippen molar-refractivity contribution >= 4 is 15.9 Å². The fourth-order valence-electron chi connectivity index (χ4n) is 1.17. The molecule has 0 aromatic heterocycles. The number of hydrogen-bond acceptors (Lipinski definition) is 8. The topological polar surface area (TPSA) is 145 Å². The van der Waals surface area contributed by atoms with Crippen LogP contribution < -0.4 is 0 Å². The third-order valence-electron chi connectivity index (χ3n) is 2.14. The number of phenols is 5. The summed E-state index contributed by atoms with van der Waals surface area (Å²) in [5.74, 6) is -8.62. The van der Waals surface area contributed by atoms with E-state index in [9.17, 15) is 31.8 Å². The lowest BCUT2D eigenvalue weighted by atomic mass is 10.1. The Morgan fingerprint density at radius 1 is 0.905 bits per heavy atom. The molecule has 118 valence electrons. The SMILES string of the molecule is C=C(OS(=O)(=O)C(F)(F)F)c1c(O)c(O)c(O)c(O)c1O. The average molecular weight is 332 g/mol. The summed E-state index contributed by atoms with van der Waals surface area (Å²) < 4.78 is 61.4. The van der Waals surface area contributed by atoms with Crippen LogP contribution in [0.5, 0.6) is 28.7 Å². The first-order valence-corrected chi connectivity index (χ1v) is 6.11. The van der Waals surface area contributed by atoms with E-state index in [1.165, 1.54) is 0 Å². The van der Waals surface area contributed by atoms with Crippen molar-refractivity contribution in [3.63, 3.8) is 0 Å². The van der Waals surface area contributed by atoms with Gasteiger partial charge >= 0.3 is 15.6 Å². The highest BCUT2D eigenvalue weighted by Gasteiger charge is 2.49. The van der Waals surface area contributed by atoms with Gasteiger partial charge in [0.2, 0.25) is 17.2 Å². The van der Waals surface area contributed by atoms with Crippen LogP contribution in [0.15, 0.2) is 6.58 Å². The highest BCUT2D eigenvalue weighted by molar-refractivity contribution is 7.87. The number of hydrogen-bond donors (Lipinski definition) is 5. The van der Waals surface area contributed by atoms with Gasteiger partial charge in [0.25, 0.3) is 0 Å². The Bertz CT molecular complexity index is 678. The first-order valence-electron chi connectivity index (χ1n) is 4.70. The van der Waals surface area contributed by atoms with Crippen LogP contribution in [0.1, 0.15) is 5.56 Å². The van der Waals surface area contributed by atoms with Gasteiger partial charge < -0.3 is 29.7 Å². The summed E-state index contributed by atoms with van der Waals surface area (Å²) in [5.41, 5.74) is -7.07. The number of rotatable bonds is 3. The predicted octanol–water partition coefficient (Wildman–Crippen LogP) is 1.05. The van der Waals surface area contributed by atoms with Crippen molar-refractivity contribution in [2.24, 2.45) is 0 Å². The Morgan fingerprint density at radius 2 is 1.24 bits per heavy atom. The minimum atomic E-state index is -6.16. The summed E-state index contributed by atoms with van der Waals surface area (Å²) in [6.07, 6.45) is 0.